The van der Waals surface area contributed by atoms with E-state index in [4.69, 9.17) is 0 Å². The van der Waals surface area contributed by atoms with E-state index in [1.165, 1.54) is 0 Å². The van der Waals surface area contributed by atoms with E-state index in [1.54, 1.807) is 6.07 Å². The SMILES string of the molecule is Cc1ccc(O)c(CC(=O)CBr)c1. The van der Waals surface area contributed by atoms with Crippen LogP contribution in [0.3, 0.4) is 0 Å². The summed E-state index contributed by atoms with van der Waals surface area (Å²) in [5.74, 6) is 0.265. The molecule has 2 nitrogen and oxygen atoms in total. The van der Waals surface area contributed by atoms with Crippen molar-refractivity contribution in [2.45, 2.75) is 13.3 Å². The highest BCUT2D eigenvalue weighted by atomic mass is 79.9. The van der Waals surface area contributed by atoms with Gasteiger partial charge in [-0.1, -0.05) is 33.6 Å². The van der Waals surface area contributed by atoms with E-state index in [-0.39, 0.29) is 11.5 Å². The number of carbonyl (C=O) groups excluding carboxylic acids is 1. The molecule has 70 valence electrons. The maximum atomic E-state index is 11.1. The van der Waals surface area contributed by atoms with Crippen LogP contribution >= 0.6 is 15.9 Å². The third-order valence-electron chi connectivity index (χ3n) is 1.77. The third-order valence-corrected chi connectivity index (χ3v) is 2.40. The maximum absolute atomic E-state index is 11.1. The van der Waals surface area contributed by atoms with Crippen molar-refractivity contribution in [2.75, 3.05) is 5.33 Å². The average molecular weight is 243 g/mol. The van der Waals surface area contributed by atoms with E-state index < -0.39 is 0 Å². The first kappa shape index (κ1) is 10.3. The summed E-state index contributed by atoms with van der Waals surface area (Å²) in [7, 11) is 0. The molecular weight excluding hydrogens is 232 g/mol. The number of hydrogen-bond acceptors (Lipinski definition) is 2. The molecule has 0 radical (unpaired) electrons. The van der Waals surface area contributed by atoms with Crippen molar-refractivity contribution in [3.05, 3.63) is 29.3 Å². The molecule has 0 saturated heterocycles. The van der Waals surface area contributed by atoms with Crippen molar-refractivity contribution in [2.24, 2.45) is 0 Å². The van der Waals surface area contributed by atoms with Crippen LogP contribution in [0.15, 0.2) is 18.2 Å². The van der Waals surface area contributed by atoms with Gasteiger partial charge in [0.05, 0.1) is 5.33 Å². The molecule has 1 N–H and O–H groups in total. The molecule has 0 aliphatic heterocycles. The van der Waals surface area contributed by atoms with Gasteiger partial charge in [0.15, 0.2) is 0 Å². The first-order valence-electron chi connectivity index (χ1n) is 3.99. The molecule has 0 unspecified atom stereocenters. The maximum Gasteiger partial charge on any atom is 0.147 e. The summed E-state index contributed by atoms with van der Waals surface area (Å²) in [4.78, 5) is 11.1. The van der Waals surface area contributed by atoms with Crippen LogP contribution in [0.25, 0.3) is 0 Å². The molecule has 1 rings (SSSR count). The van der Waals surface area contributed by atoms with Crippen molar-refractivity contribution >= 4 is 21.7 Å². The molecule has 1 aromatic carbocycles. The van der Waals surface area contributed by atoms with Gasteiger partial charge >= 0.3 is 0 Å². The number of aromatic hydroxyl groups is 1. The van der Waals surface area contributed by atoms with Gasteiger partial charge in [-0.05, 0) is 13.0 Å². The summed E-state index contributed by atoms with van der Waals surface area (Å²) >= 11 is 3.08. The predicted octanol–water partition coefficient (Wildman–Crippen LogP) is 2.21. The molecule has 0 saturated carbocycles. The second kappa shape index (κ2) is 4.42. The van der Waals surface area contributed by atoms with Crippen LogP contribution in [-0.2, 0) is 11.2 Å². The number of rotatable bonds is 3. The normalized spacial score (nSPS) is 10.0. The monoisotopic (exact) mass is 242 g/mol. The number of phenols is 1. The molecule has 0 aliphatic carbocycles. The predicted molar refractivity (Wildman–Crippen MR) is 55.3 cm³/mol. The standard InChI is InChI=1S/C10H11BrO2/c1-7-2-3-10(13)8(4-7)5-9(12)6-11/h2-4,13H,5-6H2,1H3. The molecule has 0 fully saturated rings. The molecule has 0 bridgehead atoms. The van der Waals surface area contributed by atoms with Crippen molar-refractivity contribution in [1.29, 1.82) is 0 Å². The quantitative estimate of drug-likeness (QED) is 0.826. The van der Waals surface area contributed by atoms with Crippen LogP contribution in [-0.4, -0.2) is 16.2 Å². The number of hydrogen-bond donors (Lipinski definition) is 1. The first-order chi connectivity index (χ1) is 6.13. The molecular formula is C10H11BrO2. The number of halogens is 1. The Labute approximate surface area is 85.7 Å². The Hall–Kier alpha value is -0.830. The topological polar surface area (TPSA) is 37.3 Å². The van der Waals surface area contributed by atoms with Crippen molar-refractivity contribution in [3.8, 4) is 5.75 Å². The lowest BCUT2D eigenvalue weighted by Crippen LogP contribution is -2.03. The zero-order valence-corrected chi connectivity index (χ0v) is 8.97. The highest BCUT2D eigenvalue weighted by molar-refractivity contribution is 9.09. The molecule has 1 aromatic rings. The van der Waals surface area contributed by atoms with Crippen molar-refractivity contribution in [3.63, 3.8) is 0 Å². The van der Waals surface area contributed by atoms with E-state index >= 15 is 0 Å². The molecule has 0 heterocycles. The molecule has 0 spiro atoms. The Kier molecular flexibility index (Phi) is 3.48. The number of benzene rings is 1. The zero-order chi connectivity index (χ0) is 9.84. The Morgan fingerprint density at radius 1 is 1.54 bits per heavy atom. The number of aryl methyl sites for hydroxylation is 1. The number of Topliss-reactive ketones (excluding diaryl/α,β-unsaturated/α-hetero) is 1. The first-order valence-corrected chi connectivity index (χ1v) is 5.12. The molecule has 0 aliphatic rings. The third kappa shape index (κ3) is 2.84. The van der Waals surface area contributed by atoms with Gasteiger partial charge in [0.2, 0.25) is 0 Å². The lowest BCUT2D eigenvalue weighted by molar-refractivity contribution is -0.115. The highest BCUT2D eigenvalue weighted by Crippen LogP contribution is 2.18. The van der Waals surface area contributed by atoms with Gasteiger partial charge < -0.3 is 5.11 Å². The van der Waals surface area contributed by atoms with Crippen LogP contribution in [0.4, 0.5) is 0 Å². The van der Waals surface area contributed by atoms with Crippen LogP contribution < -0.4 is 0 Å². The summed E-state index contributed by atoms with van der Waals surface area (Å²) in [5.41, 5.74) is 1.75. The zero-order valence-electron chi connectivity index (χ0n) is 7.38. The Morgan fingerprint density at radius 3 is 2.85 bits per heavy atom. The van der Waals surface area contributed by atoms with Crippen molar-refractivity contribution in [1.82, 2.24) is 0 Å². The Balaban J connectivity index is 2.87. The molecule has 3 heteroatoms. The van der Waals surface area contributed by atoms with Gasteiger partial charge in [0.25, 0.3) is 0 Å². The minimum absolute atomic E-state index is 0.0703. The lowest BCUT2D eigenvalue weighted by atomic mass is 10.1. The summed E-state index contributed by atoms with van der Waals surface area (Å²) in [6.45, 7) is 1.93. The molecule has 0 amide bonds. The van der Waals surface area contributed by atoms with Crippen LogP contribution in [0.5, 0.6) is 5.75 Å². The largest absolute Gasteiger partial charge is 0.508 e. The second-order valence-corrected chi connectivity index (χ2v) is 3.54. The number of ketones is 1. The van der Waals surface area contributed by atoms with Gasteiger partial charge in [0, 0.05) is 12.0 Å². The van der Waals surface area contributed by atoms with Crippen LogP contribution in [0, 0.1) is 6.92 Å². The lowest BCUT2D eigenvalue weighted by Gasteiger charge is -2.03. The Morgan fingerprint density at radius 2 is 2.23 bits per heavy atom. The van der Waals surface area contributed by atoms with Crippen molar-refractivity contribution < 1.29 is 9.90 Å². The number of alkyl halides is 1. The fraction of sp³-hybridized carbons (Fsp3) is 0.300. The van der Waals surface area contributed by atoms with Gasteiger partial charge in [-0.2, -0.15) is 0 Å². The van der Waals surface area contributed by atoms with Gasteiger partial charge in [0.1, 0.15) is 11.5 Å². The van der Waals surface area contributed by atoms with E-state index in [0.29, 0.717) is 17.3 Å². The Bertz CT molecular complexity index is 321. The summed E-state index contributed by atoms with van der Waals surface area (Å²) < 4.78 is 0. The van der Waals surface area contributed by atoms with Gasteiger partial charge in [-0.3, -0.25) is 4.79 Å². The number of phenolic OH excluding ortho intramolecular Hbond substituents is 1. The minimum Gasteiger partial charge on any atom is -0.508 e. The van der Waals surface area contributed by atoms with E-state index in [0.717, 1.165) is 5.56 Å². The fourth-order valence-corrected chi connectivity index (χ4v) is 1.31. The summed E-state index contributed by atoms with van der Waals surface area (Å²) in [6, 6.07) is 5.26. The van der Waals surface area contributed by atoms with Gasteiger partial charge in [-0.25, -0.2) is 0 Å². The molecule has 0 aromatic heterocycles. The molecule has 0 atom stereocenters. The van der Waals surface area contributed by atoms with Gasteiger partial charge in [-0.15, -0.1) is 0 Å². The van der Waals surface area contributed by atoms with E-state index in [2.05, 4.69) is 15.9 Å². The van der Waals surface area contributed by atoms with Crippen LogP contribution in [0.2, 0.25) is 0 Å². The van der Waals surface area contributed by atoms with E-state index in [9.17, 15) is 9.90 Å². The van der Waals surface area contributed by atoms with E-state index in [1.807, 2.05) is 19.1 Å². The summed E-state index contributed by atoms with van der Waals surface area (Å²) in [6.07, 6.45) is 0.290. The number of carbonyl (C=O) groups is 1. The molecule has 13 heavy (non-hydrogen) atoms. The minimum atomic E-state index is 0.0703. The average Bonchev–Trinajstić information content (AvgIpc) is 2.11. The highest BCUT2D eigenvalue weighted by Gasteiger charge is 2.06. The van der Waals surface area contributed by atoms with Crippen LogP contribution in [0.1, 0.15) is 11.1 Å². The smallest absolute Gasteiger partial charge is 0.147 e. The summed E-state index contributed by atoms with van der Waals surface area (Å²) in [5, 5.41) is 9.75. The fourth-order valence-electron chi connectivity index (χ4n) is 1.12. The second-order valence-electron chi connectivity index (χ2n) is 2.98.